The molecule has 0 aromatic carbocycles. The first-order valence-electron chi connectivity index (χ1n) is 4.44. The van der Waals surface area contributed by atoms with Crippen LogP contribution in [0.4, 0.5) is 0 Å². The van der Waals surface area contributed by atoms with Gasteiger partial charge in [0.25, 0.3) is 0 Å². The van der Waals surface area contributed by atoms with Gasteiger partial charge in [-0.15, -0.1) is 0 Å². The van der Waals surface area contributed by atoms with E-state index in [1.165, 1.54) is 0 Å². The van der Waals surface area contributed by atoms with Crippen molar-refractivity contribution in [3.8, 4) is 0 Å². The van der Waals surface area contributed by atoms with Crippen LogP contribution in [0, 0.1) is 0 Å². The smallest absolute Gasteiger partial charge is 0.0724 e. The Hall–Kier alpha value is -0.160. The van der Waals surface area contributed by atoms with Crippen molar-refractivity contribution in [2.75, 3.05) is 26.3 Å². The number of aliphatic hydroxyl groups is 2. The summed E-state index contributed by atoms with van der Waals surface area (Å²) in [7, 11) is 0. The van der Waals surface area contributed by atoms with Crippen molar-refractivity contribution in [3.05, 3.63) is 0 Å². The molecular formula is C8H17NO3. The highest BCUT2D eigenvalue weighted by Crippen LogP contribution is 2.12. The maximum atomic E-state index is 9.28. The van der Waals surface area contributed by atoms with Crippen LogP contribution in [-0.4, -0.2) is 48.7 Å². The van der Waals surface area contributed by atoms with E-state index in [-0.39, 0.29) is 18.8 Å². The molecule has 0 aromatic rings. The standard InChI is InChI=1S/C8H17NO3/c10-3-2-9-6-8-5-7(11)1-4-12-8/h7-11H,1-6H2/t7-,8+/m1/s1. The highest BCUT2D eigenvalue weighted by atomic mass is 16.5. The fourth-order valence-electron chi connectivity index (χ4n) is 1.34. The third-order valence-electron chi connectivity index (χ3n) is 2.00. The SMILES string of the molecule is OCCNC[C@@H]1C[C@H](O)CCO1. The molecular weight excluding hydrogens is 158 g/mol. The Labute approximate surface area is 72.5 Å². The van der Waals surface area contributed by atoms with Gasteiger partial charge in [-0.3, -0.25) is 0 Å². The molecule has 0 radical (unpaired) electrons. The second-order valence-corrected chi connectivity index (χ2v) is 3.10. The van der Waals surface area contributed by atoms with E-state index < -0.39 is 0 Å². The van der Waals surface area contributed by atoms with Crippen LogP contribution in [0.2, 0.25) is 0 Å². The van der Waals surface area contributed by atoms with Gasteiger partial charge in [-0.05, 0) is 6.42 Å². The molecule has 2 atom stereocenters. The number of aliphatic hydroxyl groups excluding tert-OH is 2. The maximum absolute atomic E-state index is 9.28. The van der Waals surface area contributed by atoms with E-state index in [1.54, 1.807) is 0 Å². The first-order chi connectivity index (χ1) is 5.83. The van der Waals surface area contributed by atoms with Crippen molar-refractivity contribution < 1.29 is 14.9 Å². The summed E-state index contributed by atoms with van der Waals surface area (Å²) in [5.74, 6) is 0. The fraction of sp³-hybridized carbons (Fsp3) is 1.00. The summed E-state index contributed by atoms with van der Waals surface area (Å²) in [5, 5.41) is 20.8. The molecule has 0 unspecified atom stereocenters. The molecule has 1 rings (SSSR count). The zero-order chi connectivity index (χ0) is 8.81. The molecule has 72 valence electrons. The Morgan fingerprint density at radius 3 is 3.00 bits per heavy atom. The number of nitrogens with one attached hydrogen (secondary N) is 1. The molecule has 0 saturated carbocycles. The third-order valence-corrected chi connectivity index (χ3v) is 2.00. The number of hydrogen-bond donors (Lipinski definition) is 3. The molecule has 0 bridgehead atoms. The van der Waals surface area contributed by atoms with Gasteiger partial charge >= 0.3 is 0 Å². The van der Waals surface area contributed by atoms with E-state index >= 15 is 0 Å². The van der Waals surface area contributed by atoms with Crippen molar-refractivity contribution in [3.63, 3.8) is 0 Å². The molecule has 4 heteroatoms. The zero-order valence-electron chi connectivity index (χ0n) is 7.20. The minimum absolute atomic E-state index is 0.111. The van der Waals surface area contributed by atoms with Gasteiger partial charge in [-0.2, -0.15) is 0 Å². The minimum Gasteiger partial charge on any atom is -0.395 e. The van der Waals surface area contributed by atoms with Crippen molar-refractivity contribution in [2.45, 2.75) is 25.0 Å². The van der Waals surface area contributed by atoms with Gasteiger partial charge in [0.1, 0.15) is 0 Å². The number of hydrogen-bond acceptors (Lipinski definition) is 4. The summed E-state index contributed by atoms with van der Waals surface area (Å²) in [5.41, 5.74) is 0. The fourth-order valence-corrected chi connectivity index (χ4v) is 1.34. The van der Waals surface area contributed by atoms with Crippen LogP contribution < -0.4 is 5.32 Å². The lowest BCUT2D eigenvalue weighted by molar-refractivity contribution is -0.0418. The van der Waals surface area contributed by atoms with Gasteiger partial charge in [0.2, 0.25) is 0 Å². The summed E-state index contributed by atoms with van der Waals surface area (Å²) >= 11 is 0. The van der Waals surface area contributed by atoms with Crippen molar-refractivity contribution >= 4 is 0 Å². The van der Waals surface area contributed by atoms with Crippen molar-refractivity contribution in [1.82, 2.24) is 5.32 Å². The average molecular weight is 175 g/mol. The van der Waals surface area contributed by atoms with Gasteiger partial charge in [-0.1, -0.05) is 0 Å². The van der Waals surface area contributed by atoms with Crippen molar-refractivity contribution in [2.24, 2.45) is 0 Å². The topological polar surface area (TPSA) is 61.7 Å². The summed E-state index contributed by atoms with van der Waals surface area (Å²) < 4.78 is 5.39. The molecule has 0 amide bonds. The van der Waals surface area contributed by atoms with E-state index in [0.717, 1.165) is 13.0 Å². The summed E-state index contributed by atoms with van der Waals surface area (Å²) in [4.78, 5) is 0. The van der Waals surface area contributed by atoms with Gasteiger partial charge in [0.15, 0.2) is 0 Å². The van der Waals surface area contributed by atoms with Crippen LogP contribution in [0.25, 0.3) is 0 Å². The van der Waals surface area contributed by atoms with Crippen LogP contribution >= 0.6 is 0 Å². The van der Waals surface area contributed by atoms with E-state index in [0.29, 0.717) is 19.6 Å². The molecule has 0 aromatic heterocycles. The minimum atomic E-state index is -0.209. The summed E-state index contributed by atoms with van der Waals surface area (Å²) in [6.45, 7) is 2.11. The normalized spacial score (nSPS) is 30.5. The Morgan fingerprint density at radius 1 is 1.50 bits per heavy atom. The molecule has 12 heavy (non-hydrogen) atoms. The highest BCUT2D eigenvalue weighted by Gasteiger charge is 2.19. The Balaban J connectivity index is 2.06. The average Bonchev–Trinajstić information content (AvgIpc) is 2.05. The molecule has 1 aliphatic rings. The van der Waals surface area contributed by atoms with Crippen LogP contribution in [0.15, 0.2) is 0 Å². The molecule has 1 heterocycles. The second-order valence-electron chi connectivity index (χ2n) is 3.10. The lowest BCUT2D eigenvalue weighted by atomic mass is 10.1. The van der Waals surface area contributed by atoms with E-state index in [2.05, 4.69) is 5.32 Å². The molecule has 1 aliphatic heterocycles. The predicted molar refractivity (Wildman–Crippen MR) is 44.9 cm³/mol. The van der Waals surface area contributed by atoms with Gasteiger partial charge in [-0.25, -0.2) is 0 Å². The number of rotatable bonds is 4. The zero-order valence-corrected chi connectivity index (χ0v) is 7.20. The Kier molecular flexibility index (Phi) is 4.53. The Bertz CT molecular complexity index is 121. The lowest BCUT2D eigenvalue weighted by Gasteiger charge is -2.26. The first-order valence-corrected chi connectivity index (χ1v) is 4.44. The van der Waals surface area contributed by atoms with Gasteiger partial charge < -0.3 is 20.3 Å². The quantitative estimate of drug-likeness (QED) is 0.485. The first kappa shape index (κ1) is 9.92. The molecule has 1 saturated heterocycles. The molecule has 0 aliphatic carbocycles. The van der Waals surface area contributed by atoms with E-state index in [4.69, 9.17) is 9.84 Å². The monoisotopic (exact) mass is 175 g/mol. The van der Waals surface area contributed by atoms with Gasteiger partial charge in [0.05, 0.1) is 18.8 Å². The van der Waals surface area contributed by atoms with E-state index in [1.807, 2.05) is 0 Å². The Morgan fingerprint density at radius 2 is 2.33 bits per heavy atom. The van der Waals surface area contributed by atoms with E-state index in [9.17, 15) is 5.11 Å². The third kappa shape index (κ3) is 3.49. The van der Waals surface area contributed by atoms with Crippen LogP contribution in [0.5, 0.6) is 0 Å². The van der Waals surface area contributed by atoms with Crippen LogP contribution in [0.1, 0.15) is 12.8 Å². The molecule has 4 nitrogen and oxygen atoms in total. The van der Waals surface area contributed by atoms with Crippen molar-refractivity contribution in [1.29, 1.82) is 0 Å². The van der Waals surface area contributed by atoms with Crippen LogP contribution in [0.3, 0.4) is 0 Å². The molecule has 1 fully saturated rings. The predicted octanol–water partition coefficient (Wildman–Crippen LogP) is -0.892. The largest absolute Gasteiger partial charge is 0.395 e. The summed E-state index contributed by atoms with van der Waals surface area (Å²) in [6.07, 6.45) is 1.36. The molecule has 3 N–H and O–H groups in total. The highest BCUT2D eigenvalue weighted by molar-refractivity contribution is 4.72. The number of ether oxygens (including phenoxy) is 1. The second kappa shape index (κ2) is 5.48. The summed E-state index contributed by atoms with van der Waals surface area (Å²) in [6, 6.07) is 0. The van der Waals surface area contributed by atoms with Gasteiger partial charge in [0, 0.05) is 26.1 Å². The maximum Gasteiger partial charge on any atom is 0.0724 e. The lowest BCUT2D eigenvalue weighted by Crippen LogP contribution is -2.37. The molecule has 0 spiro atoms. The van der Waals surface area contributed by atoms with Crippen LogP contribution in [-0.2, 0) is 4.74 Å².